The van der Waals surface area contributed by atoms with Gasteiger partial charge in [-0.15, -0.1) is 11.3 Å². The van der Waals surface area contributed by atoms with Crippen LogP contribution in [-0.2, 0) is 0 Å². The number of hydrogen-bond acceptors (Lipinski definition) is 3. The Labute approximate surface area is 121 Å². The summed E-state index contributed by atoms with van der Waals surface area (Å²) in [5, 5.41) is 13.6. The van der Waals surface area contributed by atoms with E-state index in [-0.39, 0.29) is 11.9 Å². The van der Waals surface area contributed by atoms with E-state index in [1.165, 1.54) is 11.3 Å². The van der Waals surface area contributed by atoms with Gasteiger partial charge in [0.2, 0.25) is 0 Å². The average molecular weight is 298 g/mol. The maximum atomic E-state index is 12.2. The predicted molar refractivity (Wildman–Crippen MR) is 80.1 cm³/mol. The smallest absolute Gasteiger partial charge is 0.263 e. The molecule has 0 spiro atoms. The van der Waals surface area contributed by atoms with Gasteiger partial charge in [0, 0.05) is 16.1 Å². The lowest BCUT2D eigenvalue weighted by Gasteiger charge is -2.14. The minimum Gasteiger partial charge on any atom is -0.393 e. The fourth-order valence-corrected chi connectivity index (χ4v) is 3.44. The fraction of sp³-hybridized carbons (Fsp3) is 0.357. The average Bonchev–Trinajstić information content (AvgIpc) is 2.66. The van der Waals surface area contributed by atoms with Crippen LogP contribution in [-0.4, -0.2) is 23.2 Å². The van der Waals surface area contributed by atoms with Crippen LogP contribution < -0.4 is 5.32 Å². The maximum Gasteiger partial charge on any atom is 0.263 e. The molecule has 5 heteroatoms. The van der Waals surface area contributed by atoms with Crippen molar-refractivity contribution >= 4 is 38.9 Å². The van der Waals surface area contributed by atoms with Gasteiger partial charge in [0.05, 0.1) is 11.1 Å². The monoisotopic (exact) mass is 297 g/mol. The molecule has 1 aromatic carbocycles. The number of rotatable bonds is 4. The van der Waals surface area contributed by atoms with Crippen molar-refractivity contribution in [2.24, 2.45) is 0 Å². The quantitative estimate of drug-likeness (QED) is 0.908. The van der Waals surface area contributed by atoms with Gasteiger partial charge in [-0.1, -0.05) is 29.8 Å². The van der Waals surface area contributed by atoms with Gasteiger partial charge in [0.25, 0.3) is 5.91 Å². The summed E-state index contributed by atoms with van der Waals surface area (Å²) in [6.07, 6.45) is 0.0852. The zero-order valence-corrected chi connectivity index (χ0v) is 12.4. The molecule has 0 saturated carbocycles. The molecule has 1 aromatic heterocycles. The van der Waals surface area contributed by atoms with E-state index in [9.17, 15) is 9.90 Å². The maximum absolute atomic E-state index is 12.2. The summed E-state index contributed by atoms with van der Waals surface area (Å²) in [6.45, 7) is 3.57. The molecule has 0 fully saturated rings. The van der Waals surface area contributed by atoms with E-state index in [2.05, 4.69) is 5.32 Å². The first kappa shape index (κ1) is 14.3. The normalized spacial score (nSPS) is 14.3. The zero-order valence-electron chi connectivity index (χ0n) is 10.8. The summed E-state index contributed by atoms with van der Waals surface area (Å²) in [4.78, 5) is 12.7. The first-order chi connectivity index (χ1) is 8.99. The van der Waals surface area contributed by atoms with Gasteiger partial charge in [0.15, 0.2) is 0 Å². The number of fused-ring (bicyclic) bond motifs is 1. The molecule has 2 unspecified atom stereocenters. The van der Waals surface area contributed by atoms with Gasteiger partial charge >= 0.3 is 0 Å². The topological polar surface area (TPSA) is 49.3 Å². The van der Waals surface area contributed by atoms with Gasteiger partial charge in [0.1, 0.15) is 4.88 Å². The van der Waals surface area contributed by atoms with Gasteiger partial charge in [-0.2, -0.15) is 0 Å². The summed E-state index contributed by atoms with van der Waals surface area (Å²) in [5.41, 5.74) is 0. The number of halogens is 1. The molecule has 0 aliphatic heterocycles. The first-order valence-electron chi connectivity index (χ1n) is 6.15. The van der Waals surface area contributed by atoms with Gasteiger partial charge in [-0.05, 0) is 26.3 Å². The summed E-state index contributed by atoms with van der Waals surface area (Å²) in [6, 6.07) is 7.59. The lowest BCUT2D eigenvalue weighted by Crippen LogP contribution is -2.34. The third kappa shape index (κ3) is 3.26. The molecule has 102 valence electrons. The minimum absolute atomic E-state index is 0.0891. The summed E-state index contributed by atoms with van der Waals surface area (Å²) >= 11 is 7.63. The number of nitrogens with one attached hydrogen (secondary N) is 1. The van der Waals surface area contributed by atoms with Crippen molar-refractivity contribution in [3.8, 4) is 0 Å². The molecule has 1 heterocycles. The van der Waals surface area contributed by atoms with E-state index in [0.717, 1.165) is 10.1 Å². The Morgan fingerprint density at radius 1 is 1.42 bits per heavy atom. The Balaban J connectivity index is 2.20. The lowest BCUT2D eigenvalue weighted by atomic mass is 10.1. The minimum atomic E-state index is -0.437. The molecule has 0 aliphatic carbocycles. The van der Waals surface area contributed by atoms with Gasteiger partial charge in [-0.25, -0.2) is 0 Å². The van der Waals surface area contributed by atoms with Crippen molar-refractivity contribution in [2.45, 2.75) is 32.4 Å². The van der Waals surface area contributed by atoms with E-state index < -0.39 is 6.10 Å². The van der Waals surface area contributed by atoms with Crippen LogP contribution in [0.2, 0.25) is 5.02 Å². The molecule has 0 saturated heterocycles. The van der Waals surface area contributed by atoms with Crippen LogP contribution in [0.4, 0.5) is 0 Å². The Morgan fingerprint density at radius 2 is 2.11 bits per heavy atom. The molecule has 2 N–H and O–H groups in total. The molecular formula is C14H16ClNO2S. The first-order valence-corrected chi connectivity index (χ1v) is 7.34. The molecule has 19 heavy (non-hydrogen) atoms. The Morgan fingerprint density at radius 3 is 2.74 bits per heavy atom. The molecule has 2 atom stereocenters. The van der Waals surface area contributed by atoms with Crippen molar-refractivity contribution in [1.29, 1.82) is 0 Å². The van der Waals surface area contributed by atoms with E-state index in [1.54, 1.807) is 6.92 Å². The Hall–Kier alpha value is -1.10. The third-order valence-corrected chi connectivity index (χ3v) is 4.49. The van der Waals surface area contributed by atoms with Crippen molar-refractivity contribution in [3.63, 3.8) is 0 Å². The van der Waals surface area contributed by atoms with Gasteiger partial charge in [-0.3, -0.25) is 4.79 Å². The second kappa shape index (κ2) is 5.90. The molecule has 0 bridgehead atoms. The standard InChI is InChI=1S/C14H16ClNO2S/c1-8(7-9(2)17)16-14(18)13-12(15)10-5-3-4-6-11(10)19-13/h3-6,8-9,17H,7H2,1-2H3,(H,16,18). The number of thiophene rings is 1. The number of carbonyl (C=O) groups is 1. The van der Waals surface area contributed by atoms with Crippen LogP contribution in [0, 0.1) is 0 Å². The number of amides is 1. The van der Waals surface area contributed by atoms with Crippen molar-refractivity contribution in [1.82, 2.24) is 5.32 Å². The Bertz CT molecular complexity index is 594. The summed E-state index contributed by atoms with van der Waals surface area (Å²) in [5.74, 6) is -0.181. The number of aliphatic hydroxyl groups excluding tert-OH is 1. The van der Waals surface area contributed by atoms with Crippen molar-refractivity contribution < 1.29 is 9.90 Å². The highest BCUT2D eigenvalue weighted by atomic mass is 35.5. The summed E-state index contributed by atoms with van der Waals surface area (Å²) in [7, 11) is 0. The largest absolute Gasteiger partial charge is 0.393 e. The number of benzene rings is 1. The number of hydrogen-bond donors (Lipinski definition) is 2. The Kier molecular flexibility index (Phi) is 4.45. The number of carbonyl (C=O) groups excluding carboxylic acids is 1. The molecule has 2 rings (SSSR count). The van der Waals surface area contributed by atoms with Crippen LogP contribution in [0.15, 0.2) is 24.3 Å². The van der Waals surface area contributed by atoms with E-state index in [4.69, 9.17) is 11.6 Å². The molecular weight excluding hydrogens is 282 g/mol. The molecule has 2 aromatic rings. The highest BCUT2D eigenvalue weighted by Crippen LogP contribution is 2.35. The second-order valence-corrected chi connectivity index (χ2v) is 6.13. The fourth-order valence-electron chi connectivity index (χ4n) is 2.02. The van der Waals surface area contributed by atoms with Crippen molar-refractivity contribution in [2.75, 3.05) is 0 Å². The van der Waals surface area contributed by atoms with Crippen molar-refractivity contribution in [3.05, 3.63) is 34.2 Å². The van der Waals surface area contributed by atoms with E-state index in [1.807, 2.05) is 31.2 Å². The zero-order chi connectivity index (χ0) is 14.0. The molecule has 0 radical (unpaired) electrons. The van der Waals surface area contributed by atoms with E-state index in [0.29, 0.717) is 16.3 Å². The highest BCUT2D eigenvalue weighted by Gasteiger charge is 2.18. The molecule has 3 nitrogen and oxygen atoms in total. The van der Waals surface area contributed by atoms with Crippen LogP contribution in [0.5, 0.6) is 0 Å². The van der Waals surface area contributed by atoms with Crippen LogP contribution >= 0.6 is 22.9 Å². The van der Waals surface area contributed by atoms with Crippen LogP contribution in [0.25, 0.3) is 10.1 Å². The molecule has 1 amide bonds. The second-order valence-electron chi connectivity index (χ2n) is 4.70. The van der Waals surface area contributed by atoms with Crippen LogP contribution in [0.3, 0.4) is 0 Å². The number of aliphatic hydroxyl groups is 1. The predicted octanol–water partition coefficient (Wildman–Crippen LogP) is 3.44. The van der Waals surface area contributed by atoms with Crippen LogP contribution in [0.1, 0.15) is 29.9 Å². The molecule has 0 aliphatic rings. The summed E-state index contributed by atoms with van der Waals surface area (Å²) < 4.78 is 1.00. The van der Waals surface area contributed by atoms with Gasteiger partial charge < -0.3 is 10.4 Å². The lowest BCUT2D eigenvalue weighted by molar-refractivity contribution is 0.0927. The highest BCUT2D eigenvalue weighted by molar-refractivity contribution is 7.21. The van der Waals surface area contributed by atoms with E-state index >= 15 is 0 Å². The third-order valence-electron chi connectivity index (χ3n) is 2.81. The SMILES string of the molecule is CC(O)CC(C)NC(=O)c1sc2ccccc2c1Cl.